The summed E-state index contributed by atoms with van der Waals surface area (Å²) in [6.07, 6.45) is 0. The molecule has 17 heavy (non-hydrogen) atoms. The highest BCUT2D eigenvalue weighted by Crippen LogP contribution is 2.30. The Morgan fingerprint density at radius 1 is 1.29 bits per heavy atom. The summed E-state index contributed by atoms with van der Waals surface area (Å²) in [4.78, 5) is 0. The van der Waals surface area contributed by atoms with Gasteiger partial charge in [-0.2, -0.15) is 0 Å². The van der Waals surface area contributed by atoms with Crippen LogP contribution in [0.3, 0.4) is 0 Å². The minimum atomic E-state index is -0.356. The summed E-state index contributed by atoms with van der Waals surface area (Å²) < 4.78 is 29.2. The fraction of sp³-hybridized carbons (Fsp3) is 0.333. The largest absolute Gasteiger partial charge is 0.337 e. The first-order valence-corrected chi connectivity index (χ1v) is 5.37. The van der Waals surface area contributed by atoms with Crippen molar-refractivity contribution < 1.29 is 8.78 Å². The molecule has 0 saturated carbocycles. The summed E-state index contributed by atoms with van der Waals surface area (Å²) in [5, 5.41) is 3.60. The third kappa shape index (κ3) is 1.72. The molecule has 3 rings (SSSR count). The molecule has 0 amide bonds. The minimum Gasteiger partial charge on any atom is -0.337 e. The van der Waals surface area contributed by atoms with Crippen molar-refractivity contribution in [1.82, 2.24) is 9.88 Å². The van der Waals surface area contributed by atoms with Gasteiger partial charge in [-0.1, -0.05) is 0 Å². The van der Waals surface area contributed by atoms with E-state index in [0.29, 0.717) is 17.4 Å². The standard InChI is InChI=1S/C12H12F2N2.ClH/c1-7-5-15-6-8-4-9-10(13)2-3-11(14)12(9)16(7)8;/h2-4,7,15H,5-6H2,1H3;1H. The second-order valence-electron chi connectivity index (χ2n) is 4.28. The molecule has 5 heteroatoms. The number of aromatic nitrogens is 1. The van der Waals surface area contributed by atoms with Gasteiger partial charge in [-0.05, 0) is 25.1 Å². The monoisotopic (exact) mass is 258 g/mol. The number of nitrogens with zero attached hydrogens (tertiary/aromatic N) is 1. The van der Waals surface area contributed by atoms with E-state index in [2.05, 4.69) is 5.32 Å². The summed E-state index contributed by atoms with van der Waals surface area (Å²) in [6.45, 7) is 3.45. The summed E-state index contributed by atoms with van der Waals surface area (Å²) >= 11 is 0. The first-order chi connectivity index (χ1) is 7.68. The van der Waals surface area contributed by atoms with Gasteiger partial charge in [0.25, 0.3) is 0 Å². The lowest BCUT2D eigenvalue weighted by atomic mass is 10.2. The Morgan fingerprint density at radius 2 is 2.00 bits per heavy atom. The number of benzene rings is 1. The van der Waals surface area contributed by atoms with Gasteiger partial charge in [-0.3, -0.25) is 0 Å². The number of rotatable bonds is 0. The van der Waals surface area contributed by atoms with Crippen molar-refractivity contribution in [2.75, 3.05) is 6.54 Å². The van der Waals surface area contributed by atoms with E-state index < -0.39 is 0 Å². The van der Waals surface area contributed by atoms with Crippen LogP contribution in [0.25, 0.3) is 10.9 Å². The van der Waals surface area contributed by atoms with Gasteiger partial charge in [0.1, 0.15) is 11.6 Å². The molecule has 0 aliphatic carbocycles. The maximum Gasteiger partial charge on any atom is 0.147 e. The van der Waals surface area contributed by atoms with Crippen LogP contribution in [-0.4, -0.2) is 11.1 Å². The van der Waals surface area contributed by atoms with Gasteiger partial charge in [0.2, 0.25) is 0 Å². The molecule has 2 aromatic rings. The van der Waals surface area contributed by atoms with Gasteiger partial charge in [-0.15, -0.1) is 12.4 Å². The van der Waals surface area contributed by atoms with Crippen LogP contribution in [0, 0.1) is 11.6 Å². The lowest BCUT2D eigenvalue weighted by molar-refractivity contribution is 0.435. The number of halogens is 3. The van der Waals surface area contributed by atoms with Crippen LogP contribution >= 0.6 is 12.4 Å². The number of nitrogens with one attached hydrogen (secondary N) is 1. The Morgan fingerprint density at radius 3 is 2.76 bits per heavy atom. The number of fused-ring (bicyclic) bond motifs is 3. The Hall–Kier alpha value is -1.13. The van der Waals surface area contributed by atoms with Gasteiger partial charge in [0, 0.05) is 30.2 Å². The molecule has 1 N–H and O–H groups in total. The van der Waals surface area contributed by atoms with Crippen LogP contribution in [-0.2, 0) is 6.54 Å². The molecule has 0 fully saturated rings. The van der Waals surface area contributed by atoms with Crippen LogP contribution in [0.15, 0.2) is 18.2 Å². The summed E-state index contributed by atoms with van der Waals surface area (Å²) in [6, 6.07) is 4.26. The van der Waals surface area contributed by atoms with Crippen molar-refractivity contribution in [1.29, 1.82) is 0 Å². The molecule has 1 aromatic carbocycles. The zero-order chi connectivity index (χ0) is 11.3. The zero-order valence-corrected chi connectivity index (χ0v) is 10.2. The first kappa shape index (κ1) is 12.3. The molecule has 0 bridgehead atoms. The molecule has 0 spiro atoms. The maximum absolute atomic E-state index is 13.8. The van der Waals surface area contributed by atoms with Crippen LogP contribution in [0.4, 0.5) is 8.78 Å². The Balaban J connectivity index is 0.00000108. The SMILES string of the molecule is CC1CNCc2cc3c(F)ccc(F)c3n21.Cl. The molecule has 1 aliphatic rings. The van der Waals surface area contributed by atoms with Crippen molar-refractivity contribution in [2.24, 2.45) is 0 Å². The Kier molecular flexibility index (Phi) is 3.10. The van der Waals surface area contributed by atoms with E-state index in [1.54, 1.807) is 6.07 Å². The second-order valence-corrected chi connectivity index (χ2v) is 4.28. The van der Waals surface area contributed by atoms with Crippen LogP contribution in [0.5, 0.6) is 0 Å². The van der Waals surface area contributed by atoms with Crippen molar-refractivity contribution >= 4 is 23.3 Å². The van der Waals surface area contributed by atoms with Gasteiger partial charge in [0.15, 0.2) is 0 Å². The topological polar surface area (TPSA) is 17.0 Å². The molecule has 1 aliphatic heterocycles. The second kappa shape index (κ2) is 4.27. The summed E-state index contributed by atoms with van der Waals surface area (Å²) in [5.74, 6) is -0.707. The molecule has 1 aromatic heterocycles. The van der Waals surface area contributed by atoms with Crippen LogP contribution in [0.1, 0.15) is 18.7 Å². The van der Waals surface area contributed by atoms with Crippen molar-refractivity contribution in [3.63, 3.8) is 0 Å². The third-order valence-electron chi connectivity index (χ3n) is 3.16. The molecule has 2 heterocycles. The van der Waals surface area contributed by atoms with Crippen molar-refractivity contribution in [3.8, 4) is 0 Å². The lowest BCUT2D eigenvalue weighted by Crippen LogP contribution is -2.31. The van der Waals surface area contributed by atoms with Crippen molar-refractivity contribution in [3.05, 3.63) is 35.5 Å². The quantitative estimate of drug-likeness (QED) is 0.769. The predicted octanol–water partition coefficient (Wildman–Crippen LogP) is 3.01. The molecular weight excluding hydrogens is 246 g/mol. The van der Waals surface area contributed by atoms with Gasteiger partial charge >= 0.3 is 0 Å². The number of hydrogen-bond donors (Lipinski definition) is 1. The fourth-order valence-corrected chi connectivity index (χ4v) is 2.46. The van der Waals surface area contributed by atoms with E-state index in [-0.39, 0.29) is 30.1 Å². The zero-order valence-electron chi connectivity index (χ0n) is 9.34. The average Bonchev–Trinajstić information content (AvgIpc) is 2.65. The van der Waals surface area contributed by atoms with E-state index >= 15 is 0 Å². The van der Waals surface area contributed by atoms with E-state index in [1.165, 1.54) is 12.1 Å². The Bertz CT molecular complexity index is 565. The highest BCUT2D eigenvalue weighted by Gasteiger charge is 2.21. The highest BCUT2D eigenvalue weighted by molar-refractivity contribution is 5.85. The smallest absolute Gasteiger partial charge is 0.147 e. The van der Waals surface area contributed by atoms with Crippen LogP contribution in [0.2, 0.25) is 0 Å². The lowest BCUT2D eigenvalue weighted by Gasteiger charge is -2.24. The predicted molar refractivity (Wildman–Crippen MR) is 65.5 cm³/mol. The van der Waals surface area contributed by atoms with Gasteiger partial charge < -0.3 is 9.88 Å². The van der Waals surface area contributed by atoms with Gasteiger partial charge in [0.05, 0.1) is 5.52 Å². The first-order valence-electron chi connectivity index (χ1n) is 5.37. The minimum absolute atomic E-state index is 0. The van der Waals surface area contributed by atoms with E-state index in [0.717, 1.165) is 12.2 Å². The van der Waals surface area contributed by atoms with E-state index in [1.807, 2.05) is 11.5 Å². The molecular formula is C12H13ClF2N2. The normalized spacial score (nSPS) is 18.9. The fourth-order valence-electron chi connectivity index (χ4n) is 2.46. The number of hydrogen-bond acceptors (Lipinski definition) is 1. The van der Waals surface area contributed by atoms with E-state index in [4.69, 9.17) is 0 Å². The molecule has 1 atom stereocenters. The van der Waals surface area contributed by atoms with Crippen LogP contribution < -0.4 is 5.32 Å². The average molecular weight is 259 g/mol. The molecule has 2 nitrogen and oxygen atoms in total. The molecule has 1 unspecified atom stereocenters. The Labute approximate surface area is 104 Å². The highest BCUT2D eigenvalue weighted by atomic mass is 35.5. The molecule has 0 saturated heterocycles. The third-order valence-corrected chi connectivity index (χ3v) is 3.16. The van der Waals surface area contributed by atoms with Gasteiger partial charge in [-0.25, -0.2) is 8.78 Å². The molecule has 0 radical (unpaired) electrons. The molecule has 92 valence electrons. The summed E-state index contributed by atoms with van der Waals surface area (Å²) in [5.41, 5.74) is 1.33. The summed E-state index contributed by atoms with van der Waals surface area (Å²) in [7, 11) is 0. The van der Waals surface area contributed by atoms with E-state index in [9.17, 15) is 8.78 Å². The van der Waals surface area contributed by atoms with Crippen molar-refractivity contribution in [2.45, 2.75) is 19.5 Å². The maximum atomic E-state index is 13.8.